The molecular weight excluding hydrogens is 208 g/mol. The molecule has 0 aromatic carbocycles. The number of methoxy groups -OCH3 is 1. The lowest BCUT2D eigenvalue weighted by molar-refractivity contribution is 0.0263. The van der Waals surface area contributed by atoms with Gasteiger partial charge in [0.25, 0.3) is 0 Å². The Hall–Kier alpha value is -0.810. The smallest absolute Gasteiger partial charge is 0.407 e. The topological polar surface area (TPSA) is 59.6 Å². The van der Waals surface area contributed by atoms with Crippen molar-refractivity contribution in [3.8, 4) is 0 Å². The lowest BCUT2D eigenvalue weighted by Gasteiger charge is -2.32. The van der Waals surface area contributed by atoms with Crippen LogP contribution in [0, 0.1) is 0 Å². The molecule has 94 valence electrons. The van der Waals surface area contributed by atoms with Crippen LogP contribution < -0.4 is 10.6 Å². The number of ether oxygens (including phenoxy) is 2. The van der Waals surface area contributed by atoms with Crippen LogP contribution in [0.2, 0.25) is 0 Å². The average Bonchev–Trinajstić information content (AvgIpc) is 2.15. The lowest BCUT2D eigenvalue weighted by atomic mass is 10.0. The van der Waals surface area contributed by atoms with Gasteiger partial charge in [0, 0.05) is 13.7 Å². The molecule has 0 aliphatic carbocycles. The van der Waals surface area contributed by atoms with Crippen LogP contribution in [-0.4, -0.2) is 44.0 Å². The van der Waals surface area contributed by atoms with Gasteiger partial charge in [-0.25, -0.2) is 4.79 Å². The van der Waals surface area contributed by atoms with Gasteiger partial charge in [-0.2, -0.15) is 0 Å². The maximum absolute atomic E-state index is 11.6. The van der Waals surface area contributed by atoms with Crippen molar-refractivity contribution in [2.45, 2.75) is 44.9 Å². The van der Waals surface area contributed by atoms with E-state index in [-0.39, 0.29) is 18.2 Å². The zero-order valence-corrected chi connectivity index (χ0v) is 10.5. The highest BCUT2D eigenvalue weighted by atomic mass is 16.6. The third-order valence-electron chi connectivity index (χ3n) is 2.43. The summed E-state index contributed by atoms with van der Waals surface area (Å²) in [5, 5.41) is 6.07. The number of nitrogens with one attached hydrogen (secondary N) is 2. The van der Waals surface area contributed by atoms with E-state index in [0.29, 0.717) is 0 Å². The number of carbonyl (C=O) groups excluding carboxylic acids is 1. The van der Waals surface area contributed by atoms with Crippen molar-refractivity contribution in [3.05, 3.63) is 0 Å². The SMILES string of the molecule is CO[C@H]1CNCC[C@H]1NC(=O)OC(C)(C)C. The van der Waals surface area contributed by atoms with Gasteiger partial charge in [-0.05, 0) is 33.7 Å². The van der Waals surface area contributed by atoms with Gasteiger partial charge in [0.1, 0.15) is 5.60 Å². The first kappa shape index (κ1) is 13.3. The van der Waals surface area contributed by atoms with Gasteiger partial charge in [0.2, 0.25) is 0 Å². The van der Waals surface area contributed by atoms with E-state index in [2.05, 4.69) is 10.6 Å². The molecule has 0 saturated carbocycles. The number of rotatable bonds is 2. The van der Waals surface area contributed by atoms with E-state index < -0.39 is 5.60 Å². The Morgan fingerprint density at radius 1 is 1.44 bits per heavy atom. The maximum Gasteiger partial charge on any atom is 0.407 e. The van der Waals surface area contributed by atoms with E-state index in [0.717, 1.165) is 19.5 Å². The zero-order chi connectivity index (χ0) is 12.2. The lowest BCUT2D eigenvalue weighted by Crippen LogP contribution is -2.54. The second-order valence-electron chi connectivity index (χ2n) is 5.02. The van der Waals surface area contributed by atoms with Crippen LogP contribution in [0.15, 0.2) is 0 Å². The first-order chi connectivity index (χ1) is 7.42. The van der Waals surface area contributed by atoms with Gasteiger partial charge in [0.15, 0.2) is 0 Å². The minimum atomic E-state index is -0.459. The van der Waals surface area contributed by atoms with Gasteiger partial charge in [-0.15, -0.1) is 0 Å². The van der Waals surface area contributed by atoms with Crippen LogP contribution in [0.1, 0.15) is 27.2 Å². The van der Waals surface area contributed by atoms with Gasteiger partial charge < -0.3 is 20.1 Å². The molecule has 2 N–H and O–H groups in total. The minimum absolute atomic E-state index is 0.0151. The summed E-state index contributed by atoms with van der Waals surface area (Å²) >= 11 is 0. The summed E-state index contributed by atoms with van der Waals surface area (Å²) in [6, 6.07) is 0.0288. The minimum Gasteiger partial charge on any atom is -0.444 e. The fraction of sp³-hybridized carbons (Fsp3) is 0.909. The highest BCUT2D eigenvalue weighted by Gasteiger charge is 2.27. The highest BCUT2D eigenvalue weighted by Crippen LogP contribution is 2.10. The van der Waals surface area contributed by atoms with Gasteiger partial charge in [-0.1, -0.05) is 0 Å². The maximum atomic E-state index is 11.6. The number of alkyl carbamates (subject to hydrolysis) is 1. The molecule has 0 radical (unpaired) electrons. The predicted octanol–water partition coefficient (Wildman–Crippen LogP) is 0.888. The van der Waals surface area contributed by atoms with Gasteiger partial charge >= 0.3 is 6.09 Å². The fourth-order valence-electron chi connectivity index (χ4n) is 1.70. The van der Waals surface area contributed by atoms with Crippen LogP contribution in [0.25, 0.3) is 0 Å². The Labute approximate surface area is 96.9 Å². The van der Waals surface area contributed by atoms with Crippen molar-refractivity contribution in [2.75, 3.05) is 20.2 Å². The Bertz CT molecular complexity index is 238. The molecule has 0 bridgehead atoms. The molecule has 1 saturated heterocycles. The van der Waals surface area contributed by atoms with Crippen molar-refractivity contribution in [3.63, 3.8) is 0 Å². The normalized spacial score (nSPS) is 26.2. The summed E-state index contributed by atoms with van der Waals surface area (Å²) in [6.45, 7) is 7.20. The van der Waals surface area contributed by atoms with Crippen molar-refractivity contribution < 1.29 is 14.3 Å². The highest BCUT2D eigenvalue weighted by molar-refractivity contribution is 5.68. The van der Waals surface area contributed by atoms with Crippen molar-refractivity contribution in [2.24, 2.45) is 0 Å². The third-order valence-corrected chi connectivity index (χ3v) is 2.43. The van der Waals surface area contributed by atoms with Crippen LogP contribution in [0.3, 0.4) is 0 Å². The van der Waals surface area contributed by atoms with Crippen molar-refractivity contribution >= 4 is 6.09 Å². The zero-order valence-electron chi connectivity index (χ0n) is 10.5. The molecule has 1 heterocycles. The van der Waals surface area contributed by atoms with E-state index in [1.54, 1.807) is 7.11 Å². The van der Waals surface area contributed by atoms with E-state index >= 15 is 0 Å². The molecule has 1 rings (SSSR count). The monoisotopic (exact) mass is 230 g/mol. The second-order valence-corrected chi connectivity index (χ2v) is 5.02. The summed E-state index contributed by atoms with van der Waals surface area (Å²) in [5.41, 5.74) is -0.459. The molecule has 0 aromatic heterocycles. The van der Waals surface area contributed by atoms with E-state index in [1.165, 1.54) is 0 Å². The van der Waals surface area contributed by atoms with E-state index in [9.17, 15) is 4.79 Å². The molecule has 1 aliphatic heterocycles. The molecule has 0 unspecified atom stereocenters. The molecule has 16 heavy (non-hydrogen) atoms. The van der Waals surface area contributed by atoms with Gasteiger partial charge in [0.05, 0.1) is 12.1 Å². The Balaban J connectivity index is 2.42. The van der Waals surface area contributed by atoms with Crippen LogP contribution in [0.4, 0.5) is 4.79 Å². The number of hydrogen-bond donors (Lipinski definition) is 2. The molecule has 1 aliphatic rings. The summed E-state index contributed by atoms with van der Waals surface area (Å²) in [7, 11) is 1.65. The van der Waals surface area contributed by atoms with Crippen LogP contribution >= 0.6 is 0 Å². The molecule has 5 heteroatoms. The Morgan fingerprint density at radius 3 is 2.69 bits per heavy atom. The number of piperidine rings is 1. The number of hydrogen-bond acceptors (Lipinski definition) is 4. The van der Waals surface area contributed by atoms with E-state index in [4.69, 9.17) is 9.47 Å². The summed E-state index contributed by atoms with van der Waals surface area (Å²) < 4.78 is 10.5. The average molecular weight is 230 g/mol. The van der Waals surface area contributed by atoms with Crippen molar-refractivity contribution in [1.29, 1.82) is 0 Å². The van der Waals surface area contributed by atoms with E-state index in [1.807, 2.05) is 20.8 Å². The first-order valence-electron chi connectivity index (χ1n) is 5.65. The largest absolute Gasteiger partial charge is 0.444 e. The second kappa shape index (κ2) is 5.50. The molecule has 0 spiro atoms. The van der Waals surface area contributed by atoms with Crippen molar-refractivity contribution in [1.82, 2.24) is 10.6 Å². The number of carbonyl (C=O) groups is 1. The van der Waals surface area contributed by atoms with Crippen LogP contribution in [-0.2, 0) is 9.47 Å². The Kier molecular flexibility index (Phi) is 4.56. The number of amides is 1. The molecule has 0 aromatic rings. The first-order valence-corrected chi connectivity index (χ1v) is 5.65. The molecular formula is C11H22N2O3. The quantitative estimate of drug-likeness (QED) is 0.739. The fourth-order valence-corrected chi connectivity index (χ4v) is 1.70. The molecule has 5 nitrogen and oxygen atoms in total. The van der Waals surface area contributed by atoms with Gasteiger partial charge in [-0.3, -0.25) is 0 Å². The Morgan fingerprint density at radius 2 is 2.12 bits per heavy atom. The third kappa shape index (κ3) is 4.37. The predicted molar refractivity (Wildman–Crippen MR) is 61.4 cm³/mol. The molecule has 1 amide bonds. The summed E-state index contributed by atoms with van der Waals surface area (Å²) in [6.07, 6.45) is 0.500. The molecule has 2 atom stereocenters. The summed E-state index contributed by atoms with van der Waals surface area (Å²) in [4.78, 5) is 11.6. The van der Waals surface area contributed by atoms with Crippen LogP contribution in [0.5, 0.6) is 0 Å². The molecule has 1 fully saturated rings. The summed E-state index contributed by atoms with van der Waals surface area (Å²) in [5.74, 6) is 0. The standard InChI is InChI=1S/C11H22N2O3/c1-11(2,3)16-10(14)13-8-5-6-12-7-9(8)15-4/h8-9,12H,5-7H2,1-4H3,(H,13,14)/t8-,9+/m1/s1.